The molecule has 1 aliphatic rings. The van der Waals surface area contributed by atoms with Crippen molar-refractivity contribution in [3.8, 4) is 11.5 Å². The topological polar surface area (TPSA) is 86.2 Å². The van der Waals surface area contributed by atoms with Gasteiger partial charge in [0.05, 0.1) is 24.3 Å². The molecule has 2 aromatic carbocycles. The summed E-state index contributed by atoms with van der Waals surface area (Å²) < 4.78 is 15.7. The highest BCUT2D eigenvalue weighted by Gasteiger charge is 2.24. The van der Waals surface area contributed by atoms with Crippen LogP contribution in [0.25, 0.3) is 6.08 Å². The molecule has 0 aromatic heterocycles. The molecule has 0 spiro atoms. The van der Waals surface area contributed by atoms with Gasteiger partial charge in [-0.1, -0.05) is 23.7 Å². The number of hydrogen-bond acceptors (Lipinski definition) is 7. The van der Waals surface area contributed by atoms with Gasteiger partial charge in [0, 0.05) is 5.02 Å². The van der Waals surface area contributed by atoms with E-state index in [4.69, 9.17) is 25.8 Å². The van der Waals surface area contributed by atoms with Crippen molar-refractivity contribution in [2.45, 2.75) is 13.8 Å². The molecule has 0 unspecified atom stereocenters. The van der Waals surface area contributed by atoms with Crippen molar-refractivity contribution in [2.24, 2.45) is 4.99 Å². The van der Waals surface area contributed by atoms with Crippen LogP contribution < -0.4 is 14.8 Å². The Morgan fingerprint density at radius 3 is 2.81 bits per heavy atom. The van der Waals surface area contributed by atoms with E-state index in [1.165, 1.54) is 18.9 Å². The summed E-state index contributed by atoms with van der Waals surface area (Å²) in [7, 11) is 1.50. The zero-order chi connectivity index (χ0) is 22.4. The number of nitrogens with zero attached hydrogens (tertiary/aromatic N) is 1. The summed E-state index contributed by atoms with van der Waals surface area (Å²) in [6.07, 6.45) is 1.73. The number of amidine groups is 1. The molecule has 162 valence electrons. The quantitative estimate of drug-likeness (QED) is 0.484. The van der Waals surface area contributed by atoms with E-state index in [9.17, 15) is 9.59 Å². The van der Waals surface area contributed by atoms with Crippen LogP contribution in [0, 0.1) is 6.92 Å². The zero-order valence-corrected chi connectivity index (χ0v) is 18.8. The summed E-state index contributed by atoms with van der Waals surface area (Å²) in [6.45, 7) is 3.67. The highest BCUT2D eigenvalue weighted by atomic mass is 35.5. The highest BCUT2D eigenvalue weighted by molar-refractivity contribution is 8.18. The van der Waals surface area contributed by atoms with Crippen LogP contribution in [-0.2, 0) is 14.3 Å². The lowest BCUT2D eigenvalue weighted by molar-refractivity contribution is -0.145. The summed E-state index contributed by atoms with van der Waals surface area (Å²) in [5.41, 5.74) is 2.27. The zero-order valence-electron chi connectivity index (χ0n) is 17.2. The predicted molar refractivity (Wildman–Crippen MR) is 122 cm³/mol. The summed E-state index contributed by atoms with van der Waals surface area (Å²) in [4.78, 5) is 28.8. The molecule has 0 aliphatic carbocycles. The molecule has 0 saturated carbocycles. The van der Waals surface area contributed by atoms with E-state index in [-0.39, 0.29) is 19.1 Å². The molecule has 0 radical (unpaired) electrons. The molecule has 3 rings (SSSR count). The van der Waals surface area contributed by atoms with Crippen LogP contribution in [0.5, 0.6) is 11.5 Å². The Kier molecular flexibility index (Phi) is 7.59. The van der Waals surface area contributed by atoms with Crippen LogP contribution >= 0.6 is 23.4 Å². The number of esters is 1. The molecule has 0 bridgehead atoms. The van der Waals surface area contributed by atoms with Crippen molar-refractivity contribution < 1.29 is 23.8 Å². The van der Waals surface area contributed by atoms with Gasteiger partial charge in [0.2, 0.25) is 0 Å². The van der Waals surface area contributed by atoms with Gasteiger partial charge in [0.1, 0.15) is 0 Å². The Morgan fingerprint density at radius 2 is 2.06 bits per heavy atom. The van der Waals surface area contributed by atoms with E-state index in [2.05, 4.69) is 10.3 Å². The van der Waals surface area contributed by atoms with E-state index in [0.717, 1.165) is 11.1 Å². The largest absolute Gasteiger partial charge is 0.493 e. The lowest BCUT2D eigenvalue weighted by atomic mass is 10.2. The van der Waals surface area contributed by atoms with Gasteiger partial charge in [0.25, 0.3) is 5.91 Å². The van der Waals surface area contributed by atoms with Crippen molar-refractivity contribution in [1.29, 1.82) is 0 Å². The second kappa shape index (κ2) is 10.4. The number of benzene rings is 2. The molecule has 1 saturated heterocycles. The monoisotopic (exact) mass is 460 g/mol. The van der Waals surface area contributed by atoms with E-state index in [1.54, 1.807) is 37.3 Å². The fourth-order valence-electron chi connectivity index (χ4n) is 2.69. The number of ether oxygens (including phenoxy) is 3. The van der Waals surface area contributed by atoms with Crippen LogP contribution in [0.3, 0.4) is 0 Å². The van der Waals surface area contributed by atoms with Gasteiger partial charge in [0.15, 0.2) is 23.3 Å². The summed E-state index contributed by atoms with van der Waals surface area (Å²) >= 11 is 7.37. The maximum absolute atomic E-state index is 12.4. The van der Waals surface area contributed by atoms with Crippen LogP contribution in [0.15, 0.2) is 46.3 Å². The molecule has 1 aliphatic heterocycles. The third kappa shape index (κ3) is 5.80. The lowest BCUT2D eigenvalue weighted by Crippen LogP contribution is -2.19. The first-order valence-electron chi connectivity index (χ1n) is 9.42. The molecule has 2 aromatic rings. The number of amides is 1. The Bertz CT molecular complexity index is 1070. The number of halogens is 1. The number of hydrogen-bond donors (Lipinski definition) is 1. The van der Waals surface area contributed by atoms with Gasteiger partial charge in [-0.2, -0.15) is 0 Å². The maximum Gasteiger partial charge on any atom is 0.344 e. The Labute approximate surface area is 189 Å². The highest BCUT2D eigenvalue weighted by Crippen LogP contribution is 2.33. The normalized spacial score (nSPS) is 15.8. The molecule has 7 nitrogen and oxygen atoms in total. The molecular weight excluding hydrogens is 440 g/mol. The minimum atomic E-state index is -0.462. The van der Waals surface area contributed by atoms with Gasteiger partial charge >= 0.3 is 5.97 Å². The Hall–Kier alpha value is -2.97. The number of nitrogens with one attached hydrogen (secondary N) is 1. The van der Waals surface area contributed by atoms with Gasteiger partial charge < -0.3 is 19.5 Å². The van der Waals surface area contributed by atoms with Crippen molar-refractivity contribution in [1.82, 2.24) is 5.32 Å². The average molecular weight is 461 g/mol. The number of carbonyl (C=O) groups excluding carboxylic acids is 2. The van der Waals surface area contributed by atoms with E-state index < -0.39 is 5.97 Å². The molecule has 31 heavy (non-hydrogen) atoms. The van der Waals surface area contributed by atoms with Crippen LogP contribution in [-0.4, -0.2) is 37.4 Å². The Morgan fingerprint density at radius 1 is 1.26 bits per heavy atom. The first-order chi connectivity index (χ1) is 14.9. The predicted octanol–water partition coefficient (Wildman–Crippen LogP) is 4.49. The minimum Gasteiger partial charge on any atom is -0.493 e. The standard InChI is InChI=1S/C22H21ClN2O5S/c1-4-29-20(26)12-30-17-9-8-14(10-18(17)28-3)11-19-21(27)25-22(31-19)24-16-7-5-6-15(23)13(16)2/h5-11H,4,12H2,1-3H3,(H,24,25,27)/b19-11+. The van der Waals surface area contributed by atoms with E-state index in [0.29, 0.717) is 32.3 Å². The molecule has 0 atom stereocenters. The number of carbonyl (C=O) groups is 2. The van der Waals surface area contributed by atoms with Crippen molar-refractivity contribution in [2.75, 3.05) is 20.3 Å². The fraction of sp³-hybridized carbons (Fsp3) is 0.227. The molecular formula is C22H21ClN2O5S. The number of thioether (sulfide) groups is 1. The number of methoxy groups -OCH3 is 1. The summed E-state index contributed by atoms with van der Waals surface area (Å²) in [5.74, 6) is 0.131. The van der Waals surface area contributed by atoms with Gasteiger partial charge in [-0.3, -0.25) is 4.79 Å². The first-order valence-corrected chi connectivity index (χ1v) is 10.6. The summed E-state index contributed by atoms with van der Waals surface area (Å²) in [6, 6.07) is 10.6. The third-order valence-corrected chi connectivity index (χ3v) is 5.57. The minimum absolute atomic E-state index is 0.217. The average Bonchev–Trinajstić information content (AvgIpc) is 3.09. The molecule has 1 heterocycles. The van der Waals surface area contributed by atoms with Gasteiger partial charge in [-0.25, -0.2) is 9.79 Å². The van der Waals surface area contributed by atoms with Gasteiger partial charge in [-0.15, -0.1) is 0 Å². The molecule has 1 fully saturated rings. The number of aliphatic imine (C=N–C) groups is 1. The van der Waals surface area contributed by atoms with Crippen molar-refractivity contribution in [3.63, 3.8) is 0 Å². The smallest absolute Gasteiger partial charge is 0.344 e. The molecule has 1 N–H and O–H groups in total. The van der Waals surface area contributed by atoms with Crippen molar-refractivity contribution >= 4 is 52.2 Å². The first kappa shape index (κ1) is 22.7. The third-order valence-electron chi connectivity index (χ3n) is 4.25. The summed E-state index contributed by atoms with van der Waals surface area (Å²) in [5, 5.41) is 3.85. The molecule has 1 amide bonds. The van der Waals surface area contributed by atoms with Gasteiger partial charge in [-0.05, 0) is 67.1 Å². The second-order valence-electron chi connectivity index (χ2n) is 6.37. The van der Waals surface area contributed by atoms with Crippen LogP contribution in [0.4, 0.5) is 5.69 Å². The molecule has 9 heteroatoms. The SMILES string of the molecule is CCOC(=O)COc1ccc(/C=C2/SC(=Nc3cccc(Cl)c3C)NC2=O)cc1OC. The van der Waals surface area contributed by atoms with E-state index >= 15 is 0 Å². The van der Waals surface area contributed by atoms with E-state index in [1.807, 2.05) is 19.1 Å². The van der Waals surface area contributed by atoms with Crippen molar-refractivity contribution in [3.05, 3.63) is 57.5 Å². The Balaban J connectivity index is 1.76. The van der Waals surface area contributed by atoms with Crippen LogP contribution in [0.2, 0.25) is 5.02 Å². The second-order valence-corrected chi connectivity index (χ2v) is 7.81. The van der Waals surface area contributed by atoms with Crippen LogP contribution in [0.1, 0.15) is 18.1 Å². The lowest BCUT2D eigenvalue weighted by Gasteiger charge is -2.11. The fourth-order valence-corrected chi connectivity index (χ4v) is 3.70. The maximum atomic E-state index is 12.4. The number of rotatable bonds is 7.